The van der Waals surface area contributed by atoms with Crippen molar-refractivity contribution in [3.05, 3.63) is 130 Å². The van der Waals surface area contributed by atoms with Gasteiger partial charge in [0.15, 0.2) is 0 Å². The summed E-state index contributed by atoms with van der Waals surface area (Å²) in [5.74, 6) is 0. The lowest BCUT2D eigenvalue weighted by Gasteiger charge is -2.38. The van der Waals surface area contributed by atoms with Gasteiger partial charge in [-0.1, -0.05) is 139 Å². The maximum atomic E-state index is 7.06. The van der Waals surface area contributed by atoms with Gasteiger partial charge in [0.25, 0.3) is 0 Å². The second-order valence-corrected chi connectivity index (χ2v) is 7.59. The normalized spacial score (nSPS) is 13.2. The van der Waals surface area contributed by atoms with Crippen LogP contribution in [0.25, 0.3) is 0 Å². The first-order valence-corrected chi connectivity index (χ1v) is 11.3. The minimum absolute atomic E-state index is 0.0402. The van der Waals surface area contributed by atoms with E-state index in [-0.39, 0.29) is 6.10 Å². The summed E-state index contributed by atoms with van der Waals surface area (Å²) in [7, 11) is 0. The van der Waals surface area contributed by atoms with Gasteiger partial charge < -0.3 is 4.74 Å². The monoisotopic (exact) mass is 494 g/mol. The van der Waals surface area contributed by atoms with E-state index in [0.717, 1.165) is 29.5 Å². The third-order valence-corrected chi connectivity index (χ3v) is 5.42. The summed E-state index contributed by atoms with van der Waals surface area (Å²) in [6.07, 6.45) is 8.33. The average molecular weight is 494 g/mol. The molecule has 0 aliphatic carbocycles. The van der Waals surface area contributed by atoms with Crippen molar-refractivity contribution in [2.75, 3.05) is 0 Å². The van der Waals surface area contributed by atoms with Crippen LogP contribution in [0, 0.1) is 0 Å². The summed E-state index contributed by atoms with van der Waals surface area (Å²) < 4.78 is 9.12. The molecule has 148 valence electrons. The Kier molecular flexibility index (Phi) is 8.26. The zero-order valence-electron chi connectivity index (χ0n) is 16.7. The van der Waals surface area contributed by atoms with Crippen LogP contribution in [0.2, 0.25) is 0 Å². The molecule has 0 spiro atoms. The second kappa shape index (κ2) is 11.1. The Hall–Kier alpha value is -2.17. The van der Waals surface area contributed by atoms with Gasteiger partial charge in [0.1, 0.15) is 5.60 Å². The van der Waals surface area contributed by atoms with Crippen molar-refractivity contribution in [3.8, 4) is 0 Å². The maximum absolute atomic E-state index is 7.06. The van der Waals surface area contributed by atoms with Gasteiger partial charge in [-0.2, -0.15) is 0 Å². The lowest BCUT2D eigenvalue weighted by molar-refractivity contribution is -0.0229. The van der Waals surface area contributed by atoms with Crippen molar-refractivity contribution in [1.82, 2.24) is 0 Å². The van der Waals surface area contributed by atoms with Crippen LogP contribution in [0.5, 0.6) is 0 Å². The standard InChI is InChI=1S/C27H27IO/c1-2-3-20-26(21-13-22-28)29-27(23-14-7-4-8-15-23,24-16-9-5-10-17-24)25-18-11-6-12-19-25/h3-20,22,26H,2,21H2,1H3/b20-3+,22-13+. The van der Waals surface area contributed by atoms with Gasteiger partial charge in [0.2, 0.25) is 0 Å². The van der Waals surface area contributed by atoms with Crippen molar-refractivity contribution in [2.45, 2.75) is 31.5 Å². The van der Waals surface area contributed by atoms with Gasteiger partial charge in [-0.15, -0.1) is 0 Å². The molecule has 0 N–H and O–H groups in total. The van der Waals surface area contributed by atoms with E-state index in [4.69, 9.17) is 4.74 Å². The number of hydrogen-bond donors (Lipinski definition) is 0. The van der Waals surface area contributed by atoms with Crippen LogP contribution in [0.3, 0.4) is 0 Å². The Morgan fingerprint density at radius 1 is 0.759 bits per heavy atom. The highest BCUT2D eigenvalue weighted by Gasteiger charge is 2.39. The summed E-state index contributed by atoms with van der Waals surface area (Å²) in [4.78, 5) is 0. The number of hydrogen-bond acceptors (Lipinski definition) is 1. The zero-order valence-corrected chi connectivity index (χ0v) is 18.9. The van der Waals surface area contributed by atoms with Gasteiger partial charge in [0, 0.05) is 0 Å². The molecule has 0 saturated carbocycles. The Bertz CT molecular complexity index is 804. The van der Waals surface area contributed by atoms with Crippen LogP contribution in [-0.2, 0) is 10.3 Å². The molecule has 2 heteroatoms. The van der Waals surface area contributed by atoms with Gasteiger partial charge >= 0.3 is 0 Å². The smallest absolute Gasteiger partial charge is 0.144 e. The molecule has 0 aliphatic heterocycles. The second-order valence-electron chi connectivity index (χ2n) is 6.87. The Morgan fingerprint density at radius 2 is 1.21 bits per heavy atom. The fourth-order valence-corrected chi connectivity index (χ4v) is 3.88. The Balaban J connectivity index is 2.22. The third kappa shape index (κ3) is 5.26. The summed E-state index contributed by atoms with van der Waals surface area (Å²) in [6.45, 7) is 2.15. The minimum atomic E-state index is -0.689. The van der Waals surface area contributed by atoms with Crippen LogP contribution in [0.4, 0.5) is 0 Å². The van der Waals surface area contributed by atoms with E-state index in [1.54, 1.807) is 0 Å². The average Bonchev–Trinajstić information content (AvgIpc) is 2.80. The highest BCUT2D eigenvalue weighted by Crippen LogP contribution is 2.41. The van der Waals surface area contributed by atoms with Crippen molar-refractivity contribution in [2.24, 2.45) is 0 Å². The third-order valence-electron chi connectivity index (χ3n) is 4.91. The summed E-state index contributed by atoms with van der Waals surface area (Å²) >= 11 is 2.27. The van der Waals surface area contributed by atoms with Crippen LogP contribution < -0.4 is 0 Å². The number of benzene rings is 3. The first-order valence-electron chi connectivity index (χ1n) is 10.1. The molecule has 0 amide bonds. The molecule has 3 aromatic carbocycles. The molecule has 0 aliphatic rings. The van der Waals surface area contributed by atoms with Crippen molar-refractivity contribution in [1.29, 1.82) is 0 Å². The van der Waals surface area contributed by atoms with E-state index in [1.165, 1.54) is 0 Å². The van der Waals surface area contributed by atoms with Crippen molar-refractivity contribution >= 4 is 22.6 Å². The molecule has 0 fully saturated rings. The van der Waals surface area contributed by atoms with E-state index < -0.39 is 5.60 Å². The molecule has 3 rings (SSSR count). The molecule has 1 nitrogen and oxygen atoms in total. The molecule has 0 aromatic heterocycles. The number of ether oxygens (including phenoxy) is 1. The largest absolute Gasteiger partial charge is 0.353 e. The zero-order chi connectivity index (χ0) is 20.4. The fourth-order valence-electron chi connectivity index (χ4n) is 3.59. The molecule has 0 heterocycles. The summed E-state index contributed by atoms with van der Waals surface area (Å²) in [5, 5.41) is 0. The maximum Gasteiger partial charge on any atom is 0.144 e. The molecule has 1 atom stereocenters. The van der Waals surface area contributed by atoms with Crippen LogP contribution >= 0.6 is 22.6 Å². The van der Waals surface area contributed by atoms with Crippen LogP contribution in [0.15, 0.2) is 113 Å². The molecular formula is C27H27IO. The number of rotatable bonds is 9. The molecule has 1 unspecified atom stereocenters. The number of halogens is 1. The van der Waals surface area contributed by atoms with Crippen molar-refractivity contribution < 1.29 is 4.74 Å². The lowest BCUT2D eigenvalue weighted by Crippen LogP contribution is -2.36. The Morgan fingerprint density at radius 3 is 1.59 bits per heavy atom. The number of allylic oxidation sites excluding steroid dienone is 1. The molecule has 29 heavy (non-hydrogen) atoms. The predicted molar refractivity (Wildman–Crippen MR) is 131 cm³/mol. The predicted octanol–water partition coefficient (Wildman–Crippen LogP) is 7.67. The van der Waals surface area contributed by atoms with Crippen LogP contribution in [0.1, 0.15) is 36.5 Å². The van der Waals surface area contributed by atoms with Crippen LogP contribution in [-0.4, -0.2) is 6.10 Å². The molecule has 0 radical (unpaired) electrons. The minimum Gasteiger partial charge on any atom is -0.353 e. The fraction of sp³-hybridized carbons (Fsp3) is 0.185. The highest BCUT2D eigenvalue weighted by atomic mass is 127. The Labute approximate surface area is 188 Å². The van der Waals surface area contributed by atoms with Gasteiger partial charge in [0.05, 0.1) is 6.10 Å². The topological polar surface area (TPSA) is 9.23 Å². The van der Waals surface area contributed by atoms with E-state index in [0.29, 0.717) is 0 Å². The van der Waals surface area contributed by atoms with E-state index >= 15 is 0 Å². The van der Waals surface area contributed by atoms with Gasteiger partial charge in [-0.25, -0.2) is 0 Å². The molecular weight excluding hydrogens is 467 g/mol. The molecule has 3 aromatic rings. The van der Waals surface area contributed by atoms with Crippen molar-refractivity contribution in [3.63, 3.8) is 0 Å². The van der Waals surface area contributed by atoms with Gasteiger partial charge in [-0.05, 0) is 33.6 Å². The first kappa shape index (κ1) is 21.5. The SMILES string of the molecule is CC/C=C/C(C/C=C/I)OC(c1ccccc1)(c1ccccc1)c1ccccc1. The van der Waals surface area contributed by atoms with E-state index in [1.807, 2.05) is 0 Å². The van der Waals surface area contributed by atoms with E-state index in [9.17, 15) is 0 Å². The summed E-state index contributed by atoms with van der Waals surface area (Å²) in [5.41, 5.74) is 2.70. The lowest BCUT2D eigenvalue weighted by atomic mass is 9.80. The first-order chi connectivity index (χ1) is 14.3. The van der Waals surface area contributed by atoms with E-state index in [2.05, 4.69) is 143 Å². The quantitative estimate of drug-likeness (QED) is 0.169. The molecule has 0 saturated heterocycles. The van der Waals surface area contributed by atoms with Gasteiger partial charge in [-0.3, -0.25) is 0 Å². The summed E-state index contributed by atoms with van der Waals surface area (Å²) in [6, 6.07) is 31.6. The molecule has 0 bridgehead atoms. The highest BCUT2D eigenvalue weighted by molar-refractivity contribution is 14.1.